The molecule has 0 aliphatic carbocycles. The van der Waals surface area contributed by atoms with Gasteiger partial charge in [-0.1, -0.05) is 11.6 Å². The predicted octanol–water partition coefficient (Wildman–Crippen LogP) is 4.75. The van der Waals surface area contributed by atoms with Gasteiger partial charge in [0.2, 0.25) is 0 Å². The SMILES string of the molecule is Cc1nsc(Oc2cc(C)c(N=CN3CCCCC3)cc2Cl)n1. The summed E-state index contributed by atoms with van der Waals surface area (Å²) in [6, 6.07) is 3.72. The van der Waals surface area contributed by atoms with Crippen LogP contribution in [-0.4, -0.2) is 33.7 Å². The molecule has 0 amide bonds. The van der Waals surface area contributed by atoms with E-state index in [1.54, 1.807) is 0 Å². The van der Waals surface area contributed by atoms with E-state index in [0.29, 0.717) is 21.8 Å². The monoisotopic (exact) mass is 350 g/mol. The van der Waals surface area contributed by atoms with Gasteiger partial charge in [0, 0.05) is 24.6 Å². The van der Waals surface area contributed by atoms with Crippen molar-refractivity contribution in [2.45, 2.75) is 33.1 Å². The smallest absolute Gasteiger partial charge is 0.298 e. The highest BCUT2D eigenvalue weighted by Crippen LogP contribution is 2.35. The first-order valence-corrected chi connectivity index (χ1v) is 8.83. The normalized spacial score (nSPS) is 15.3. The number of aliphatic imine (C=N–C) groups is 1. The third-order valence-corrected chi connectivity index (χ3v) is 4.69. The van der Waals surface area contributed by atoms with E-state index in [9.17, 15) is 0 Å². The molecule has 1 aromatic carbocycles. The van der Waals surface area contributed by atoms with E-state index >= 15 is 0 Å². The van der Waals surface area contributed by atoms with Crippen LogP contribution in [0.3, 0.4) is 0 Å². The van der Waals surface area contributed by atoms with Gasteiger partial charge in [-0.05, 0) is 50.8 Å². The van der Waals surface area contributed by atoms with Gasteiger partial charge in [-0.25, -0.2) is 4.99 Å². The highest BCUT2D eigenvalue weighted by atomic mass is 35.5. The Hall–Kier alpha value is -1.66. The molecule has 2 aromatic rings. The molecule has 0 unspecified atom stereocenters. The van der Waals surface area contributed by atoms with Crippen LogP contribution in [0.1, 0.15) is 30.7 Å². The second-order valence-corrected chi connectivity index (χ2v) is 6.74. The maximum atomic E-state index is 6.32. The molecule has 3 rings (SSSR count). The minimum Gasteiger partial charge on any atom is -0.428 e. The van der Waals surface area contributed by atoms with Crippen LogP contribution in [0.2, 0.25) is 5.02 Å². The minimum atomic E-state index is 0.494. The molecular formula is C16H19ClN4OS. The first kappa shape index (κ1) is 16.2. The fourth-order valence-corrected chi connectivity index (χ4v) is 3.20. The lowest BCUT2D eigenvalue weighted by Gasteiger charge is -2.23. The summed E-state index contributed by atoms with van der Waals surface area (Å²) in [7, 11) is 0. The molecule has 0 spiro atoms. The first-order valence-electron chi connectivity index (χ1n) is 7.68. The van der Waals surface area contributed by atoms with Crippen molar-refractivity contribution in [1.82, 2.24) is 14.3 Å². The van der Waals surface area contributed by atoms with Gasteiger partial charge in [0.25, 0.3) is 5.19 Å². The Morgan fingerprint density at radius 1 is 1.26 bits per heavy atom. The Balaban J connectivity index is 1.75. The maximum absolute atomic E-state index is 6.32. The molecule has 0 bridgehead atoms. The summed E-state index contributed by atoms with van der Waals surface area (Å²) in [6.07, 6.45) is 5.71. The van der Waals surface area contributed by atoms with Crippen LogP contribution >= 0.6 is 23.1 Å². The van der Waals surface area contributed by atoms with Crippen molar-refractivity contribution in [3.05, 3.63) is 28.5 Å². The fourth-order valence-electron chi connectivity index (χ4n) is 2.45. The van der Waals surface area contributed by atoms with Crippen LogP contribution in [0.5, 0.6) is 10.9 Å². The van der Waals surface area contributed by atoms with Gasteiger partial charge in [-0.2, -0.15) is 9.36 Å². The van der Waals surface area contributed by atoms with Crippen molar-refractivity contribution in [3.8, 4) is 10.9 Å². The molecule has 1 fully saturated rings. The van der Waals surface area contributed by atoms with E-state index in [1.165, 1.54) is 30.8 Å². The minimum absolute atomic E-state index is 0.494. The van der Waals surface area contributed by atoms with Crippen molar-refractivity contribution >= 4 is 35.2 Å². The van der Waals surface area contributed by atoms with Gasteiger partial charge in [0.1, 0.15) is 11.6 Å². The number of aromatic nitrogens is 2. The lowest BCUT2D eigenvalue weighted by Crippen LogP contribution is -2.28. The highest BCUT2D eigenvalue weighted by molar-refractivity contribution is 7.07. The van der Waals surface area contributed by atoms with Crippen LogP contribution in [0, 0.1) is 13.8 Å². The zero-order chi connectivity index (χ0) is 16.2. The summed E-state index contributed by atoms with van der Waals surface area (Å²) in [4.78, 5) is 11.0. The first-order chi connectivity index (χ1) is 11.1. The summed E-state index contributed by atoms with van der Waals surface area (Å²) in [5, 5.41) is 1.02. The highest BCUT2D eigenvalue weighted by Gasteiger charge is 2.11. The number of ether oxygens (including phenoxy) is 1. The molecule has 122 valence electrons. The fraction of sp³-hybridized carbons (Fsp3) is 0.438. The van der Waals surface area contributed by atoms with Gasteiger partial charge < -0.3 is 9.64 Å². The number of likely N-dealkylation sites (tertiary alicyclic amines) is 1. The summed E-state index contributed by atoms with van der Waals surface area (Å²) < 4.78 is 9.81. The zero-order valence-electron chi connectivity index (χ0n) is 13.3. The molecule has 1 saturated heterocycles. The van der Waals surface area contributed by atoms with Crippen molar-refractivity contribution in [1.29, 1.82) is 0 Å². The van der Waals surface area contributed by atoms with Crippen molar-refractivity contribution in [2.24, 2.45) is 4.99 Å². The van der Waals surface area contributed by atoms with Gasteiger partial charge in [0.05, 0.1) is 17.0 Å². The average molecular weight is 351 g/mol. The van der Waals surface area contributed by atoms with Crippen LogP contribution in [0.4, 0.5) is 5.69 Å². The van der Waals surface area contributed by atoms with E-state index < -0.39 is 0 Å². The molecule has 2 heterocycles. The van der Waals surface area contributed by atoms with E-state index in [1.807, 2.05) is 32.3 Å². The number of nitrogens with zero attached hydrogens (tertiary/aromatic N) is 4. The molecule has 7 heteroatoms. The topological polar surface area (TPSA) is 50.6 Å². The van der Waals surface area contributed by atoms with Crippen molar-refractivity contribution in [2.75, 3.05) is 13.1 Å². The average Bonchev–Trinajstić information content (AvgIpc) is 2.95. The zero-order valence-corrected chi connectivity index (χ0v) is 14.8. The Bertz CT molecular complexity index is 710. The predicted molar refractivity (Wildman–Crippen MR) is 94.5 cm³/mol. The lowest BCUT2D eigenvalue weighted by molar-refractivity contribution is 0.351. The Morgan fingerprint density at radius 2 is 2.04 bits per heavy atom. The molecule has 0 saturated carbocycles. The standard InChI is InChI=1S/C16H19ClN4OS/c1-11-8-15(22-16-19-12(2)20-23-16)13(17)9-14(11)18-10-21-6-4-3-5-7-21/h8-10H,3-7H2,1-2H3. The summed E-state index contributed by atoms with van der Waals surface area (Å²) in [5.41, 5.74) is 1.88. The van der Waals surface area contributed by atoms with Gasteiger partial charge in [-0.15, -0.1) is 0 Å². The molecular weight excluding hydrogens is 332 g/mol. The summed E-state index contributed by atoms with van der Waals surface area (Å²) >= 11 is 7.54. The molecule has 0 N–H and O–H groups in total. The maximum Gasteiger partial charge on any atom is 0.298 e. The number of halogens is 1. The third-order valence-electron chi connectivity index (χ3n) is 3.71. The van der Waals surface area contributed by atoms with Crippen LogP contribution in [0.15, 0.2) is 17.1 Å². The molecule has 0 atom stereocenters. The molecule has 5 nitrogen and oxygen atoms in total. The van der Waals surface area contributed by atoms with Gasteiger partial charge in [-0.3, -0.25) is 0 Å². The van der Waals surface area contributed by atoms with E-state index in [2.05, 4.69) is 19.2 Å². The number of hydrogen-bond acceptors (Lipinski definition) is 5. The molecule has 1 aliphatic rings. The van der Waals surface area contributed by atoms with E-state index in [4.69, 9.17) is 16.3 Å². The Morgan fingerprint density at radius 3 is 2.74 bits per heavy atom. The second kappa shape index (κ2) is 7.27. The second-order valence-electron chi connectivity index (χ2n) is 5.62. The van der Waals surface area contributed by atoms with Crippen LogP contribution in [0.25, 0.3) is 0 Å². The summed E-state index contributed by atoms with van der Waals surface area (Å²) in [5.74, 6) is 1.28. The lowest BCUT2D eigenvalue weighted by atomic mass is 10.1. The van der Waals surface area contributed by atoms with Gasteiger partial charge >= 0.3 is 0 Å². The number of rotatable bonds is 4. The largest absolute Gasteiger partial charge is 0.428 e. The van der Waals surface area contributed by atoms with Crippen molar-refractivity contribution < 1.29 is 4.74 Å². The third kappa shape index (κ3) is 4.20. The molecule has 23 heavy (non-hydrogen) atoms. The number of benzene rings is 1. The number of aryl methyl sites for hydroxylation is 2. The van der Waals surface area contributed by atoms with Crippen LogP contribution < -0.4 is 4.74 Å². The number of hydrogen-bond donors (Lipinski definition) is 0. The van der Waals surface area contributed by atoms with Crippen LogP contribution in [-0.2, 0) is 0 Å². The quantitative estimate of drug-likeness (QED) is 0.590. The molecule has 1 aromatic heterocycles. The van der Waals surface area contributed by atoms with E-state index in [0.717, 1.165) is 24.3 Å². The Kier molecular flexibility index (Phi) is 5.13. The van der Waals surface area contributed by atoms with Crippen molar-refractivity contribution in [3.63, 3.8) is 0 Å². The summed E-state index contributed by atoms with van der Waals surface area (Å²) in [6.45, 7) is 5.98. The molecule has 0 radical (unpaired) electrons. The molecule has 1 aliphatic heterocycles. The van der Waals surface area contributed by atoms with E-state index in [-0.39, 0.29) is 0 Å². The Labute approximate surface area is 145 Å². The van der Waals surface area contributed by atoms with Gasteiger partial charge in [0.15, 0.2) is 0 Å². The number of piperidine rings is 1.